The Kier molecular flexibility index (Phi) is 3.22. The number of rotatable bonds is 3. The minimum absolute atomic E-state index is 0.00985. The van der Waals surface area contributed by atoms with E-state index in [1.54, 1.807) is 14.2 Å². The van der Waals surface area contributed by atoms with Gasteiger partial charge in [0.25, 0.3) is 0 Å². The van der Waals surface area contributed by atoms with Crippen molar-refractivity contribution in [1.82, 2.24) is 4.90 Å². The van der Waals surface area contributed by atoms with Crippen molar-refractivity contribution in [2.24, 2.45) is 17.8 Å². The molecule has 0 unspecified atom stereocenters. The molecule has 27 heavy (non-hydrogen) atoms. The number of esters is 1. The van der Waals surface area contributed by atoms with Crippen molar-refractivity contribution >= 4 is 17.7 Å². The highest BCUT2D eigenvalue weighted by Gasteiger charge is 2.78. The third-order valence-electron chi connectivity index (χ3n) is 6.75. The summed E-state index contributed by atoms with van der Waals surface area (Å²) in [6.45, 7) is 1.68. The molecule has 0 N–H and O–H groups in total. The Morgan fingerprint density at radius 3 is 2.52 bits per heavy atom. The standard InChI is InChI=1S/C20H21NO6/c1-9(22)27-15-8-21-19(24)17-16-12(23)4-5-20(21,18(16)17)11-7-14(26-3)13(25-2)6-10(11)15/h6-7,15-18H,4-5,8H2,1-3H3/t15-,16+,17-,18+,20-/m1/s1. The normalized spacial score (nSPS) is 35.1. The van der Waals surface area contributed by atoms with Crippen LogP contribution in [0.5, 0.6) is 11.5 Å². The van der Waals surface area contributed by atoms with Gasteiger partial charge in [0.2, 0.25) is 5.91 Å². The average Bonchev–Trinajstić information content (AvgIpc) is 3.36. The first-order valence-corrected chi connectivity index (χ1v) is 9.22. The van der Waals surface area contributed by atoms with Crippen molar-refractivity contribution in [3.8, 4) is 11.5 Å². The zero-order valence-corrected chi connectivity index (χ0v) is 15.5. The molecule has 1 aromatic carbocycles. The van der Waals surface area contributed by atoms with E-state index >= 15 is 0 Å². The smallest absolute Gasteiger partial charge is 0.303 e. The Bertz CT molecular complexity index is 895. The van der Waals surface area contributed by atoms with Crippen molar-refractivity contribution in [2.75, 3.05) is 20.8 Å². The molecular formula is C20H21NO6. The van der Waals surface area contributed by atoms with Crippen molar-refractivity contribution in [1.29, 1.82) is 0 Å². The molecule has 5 atom stereocenters. The second kappa shape index (κ2) is 5.24. The Labute approximate surface area is 156 Å². The summed E-state index contributed by atoms with van der Waals surface area (Å²) in [5.41, 5.74) is 1.26. The lowest BCUT2D eigenvalue weighted by Gasteiger charge is -2.50. The molecule has 5 rings (SSSR count). The summed E-state index contributed by atoms with van der Waals surface area (Å²) < 4.78 is 16.5. The zero-order valence-electron chi connectivity index (χ0n) is 15.5. The fraction of sp³-hybridized carbons (Fsp3) is 0.550. The maximum Gasteiger partial charge on any atom is 0.303 e. The highest BCUT2D eigenvalue weighted by molar-refractivity contribution is 6.00. The van der Waals surface area contributed by atoms with Gasteiger partial charge < -0.3 is 19.1 Å². The van der Waals surface area contributed by atoms with Crippen LogP contribution in [-0.2, 0) is 24.7 Å². The predicted molar refractivity (Wildman–Crippen MR) is 92.2 cm³/mol. The number of Topliss-reactive ketones (excluding diaryl/α,β-unsaturated/α-hetero) is 1. The molecule has 7 nitrogen and oxygen atoms in total. The Hall–Kier alpha value is -2.57. The number of amides is 1. The molecule has 2 heterocycles. The summed E-state index contributed by atoms with van der Waals surface area (Å²) in [7, 11) is 3.13. The van der Waals surface area contributed by atoms with Crippen LogP contribution in [0.15, 0.2) is 12.1 Å². The van der Waals surface area contributed by atoms with E-state index in [4.69, 9.17) is 14.2 Å². The summed E-state index contributed by atoms with van der Waals surface area (Å²) in [6.07, 6.45) is 0.512. The molecule has 1 saturated heterocycles. The van der Waals surface area contributed by atoms with Gasteiger partial charge in [-0.15, -0.1) is 0 Å². The van der Waals surface area contributed by atoms with Gasteiger partial charge in [-0.25, -0.2) is 0 Å². The number of ketones is 1. The van der Waals surface area contributed by atoms with E-state index in [9.17, 15) is 14.4 Å². The minimum Gasteiger partial charge on any atom is -0.493 e. The van der Waals surface area contributed by atoms with Crippen LogP contribution in [0.2, 0.25) is 0 Å². The molecule has 0 bridgehead atoms. The number of carbonyl (C=O) groups excluding carboxylic acids is 3. The first-order chi connectivity index (χ1) is 12.9. The third kappa shape index (κ3) is 1.89. The molecule has 142 valence electrons. The fourth-order valence-electron chi connectivity index (χ4n) is 5.77. The van der Waals surface area contributed by atoms with Gasteiger partial charge in [-0.1, -0.05) is 0 Å². The SMILES string of the molecule is COc1cc2c(cc1OC)[C@@]13CCC(=O)[C@H]4[C@@H](C(=O)N1C[C@H]2OC(C)=O)[C@H]43. The molecule has 2 aliphatic heterocycles. The zero-order chi connectivity index (χ0) is 19.1. The maximum absolute atomic E-state index is 13.0. The largest absolute Gasteiger partial charge is 0.493 e. The van der Waals surface area contributed by atoms with Crippen LogP contribution in [-0.4, -0.2) is 43.3 Å². The van der Waals surface area contributed by atoms with Gasteiger partial charge in [-0.2, -0.15) is 0 Å². The number of fused-ring (bicyclic) bond motifs is 2. The van der Waals surface area contributed by atoms with Gasteiger partial charge in [0.05, 0.1) is 32.2 Å². The summed E-state index contributed by atoms with van der Waals surface area (Å²) in [4.78, 5) is 38.9. The van der Waals surface area contributed by atoms with Crippen LogP contribution in [0.1, 0.15) is 37.0 Å². The highest BCUT2D eigenvalue weighted by Crippen LogP contribution is 2.71. The van der Waals surface area contributed by atoms with E-state index in [0.717, 1.165) is 11.1 Å². The van der Waals surface area contributed by atoms with E-state index < -0.39 is 17.6 Å². The Morgan fingerprint density at radius 1 is 1.15 bits per heavy atom. The van der Waals surface area contributed by atoms with Crippen LogP contribution in [0.25, 0.3) is 0 Å². The number of piperidine rings is 1. The van der Waals surface area contributed by atoms with Gasteiger partial charge in [-0.05, 0) is 24.1 Å². The quantitative estimate of drug-likeness (QED) is 0.751. The van der Waals surface area contributed by atoms with Crippen LogP contribution in [0.3, 0.4) is 0 Å². The topological polar surface area (TPSA) is 82.1 Å². The maximum atomic E-state index is 13.0. The lowest BCUT2D eigenvalue weighted by molar-refractivity contribution is -0.156. The summed E-state index contributed by atoms with van der Waals surface area (Å²) in [6, 6.07) is 3.75. The molecule has 0 radical (unpaired) electrons. The number of benzene rings is 1. The van der Waals surface area contributed by atoms with E-state index in [1.165, 1.54) is 6.92 Å². The van der Waals surface area contributed by atoms with E-state index in [1.807, 2.05) is 17.0 Å². The molecule has 7 heteroatoms. The lowest BCUT2D eigenvalue weighted by atomic mass is 9.70. The lowest BCUT2D eigenvalue weighted by Crippen LogP contribution is -2.55. The molecular weight excluding hydrogens is 350 g/mol. The van der Waals surface area contributed by atoms with Crippen LogP contribution in [0.4, 0.5) is 0 Å². The van der Waals surface area contributed by atoms with Crippen LogP contribution < -0.4 is 9.47 Å². The number of hydrogen-bond donors (Lipinski definition) is 0. The van der Waals surface area contributed by atoms with Gasteiger partial charge in [0.1, 0.15) is 11.9 Å². The van der Waals surface area contributed by atoms with Gasteiger partial charge in [-0.3, -0.25) is 14.4 Å². The second-order valence-electron chi connectivity index (χ2n) is 7.81. The fourth-order valence-corrected chi connectivity index (χ4v) is 5.77. The van der Waals surface area contributed by atoms with E-state index in [0.29, 0.717) is 30.9 Å². The molecule has 4 aliphatic rings. The summed E-state index contributed by atoms with van der Waals surface area (Å²) >= 11 is 0. The Balaban J connectivity index is 1.73. The molecule has 1 spiro atoms. The molecule has 1 amide bonds. The third-order valence-corrected chi connectivity index (χ3v) is 6.75. The van der Waals surface area contributed by atoms with E-state index in [2.05, 4.69) is 0 Å². The van der Waals surface area contributed by atoms with Gasteiger partial charge in [0, 0.05) is 30.7 Å². The number of carbonyl (C=O) groups is 3. The molecule has 2 aliphatic carbocycles. The second-order valence-corrected chi connectivity index (χ2v) is 7.81. The predicted octanol–water partition coefficient (Wildman–Crippen LogP) is 1.58. The monoisotopic (exact) mass is 371 g/mol. The van der Waals surface area contributed by atoms with Crippen molar-refractivity contribution < 1.29 is 28.6 Å². The van der Waals surface area contributed by atoms with Crippen molar-refractivity contribution in [3.63, 3.8) is 0 Å². The number of hydrogen-bond acceptors (Lipinski definition) is 6. The average molecular weight is 371 g/mol. The summed E-state index contributed by atoms with van der Waals surface area (Å²) in [5.74, 6) is 0.568. The number of ether oxygens (including phenoxy) is 3. The molecule has 3 fully saturated rings. The molecule has 2 saturated carbocycles. The number of nitrogens with zero attached hydrogens (tertiary/aromatic N) is 1. The Morgan fingerprint density at radius 2 is 1.85 bits per heavy atom. The number of methoxy groups -OCH3 is 2. The van der Waals surface area contributed by atoms with Gasteiger partial charge >= 0.3 is 5.97 Å². The van der Waals surface area contributed by atoms with Crippen LogP contribution in [0, 0.1) is 17.8 Å². The van der Waals surface area contributed by atoms with E-state index in [-0.39, 0.29) is 29.4 Å². The van der Waals surface area contributed by atoms with Crippen molar-refractivity contribution in [2.45, 2.75) is 31.4 Å². The highest BCUT2D eigenvalue weighted by atomic mass is 16.5. The first-order valence-electron chi connectivity index (χ1n) is 9.22. The summed E-state index contributed by atoms with van der Waals surface area (Å²) in [5, 5.41) is 0. The molecule has 1 aromatic rings. The van der Waals surface area contributed by atoms with Gasteiger partial charge in [0.15, 0.2) is 11.5 Å². The van der Waals surface area contributed by atoms with Crippen LogP contribution >= 0.6 is 0 Å². The first kappa shape index (κ1) is 16.6. The minimum atomic E-state index is -0.555. The van der Waals surface area contributed by atoms with Crippen molar-refractivity contribution in [3.05, 3.63) is 23.3 Å². The molecule has 0 aromatic heterocycles.